The summed E-state index contributed by atoms with van der Waals surface area (Å²) in [5, 5.41) is 3.40. The van der Waals surface area contributed by atoms with Gasteiger partial charge in [-0.2, -0.15) is 0 Å². The molecule has 86 valence electrons. The number of nitrogens with one attached hydrogen (secondary N) is 2. The molecule has 4 heteroatoms. The summed E-state index contributed by atoms with van der Waals surface area (Å²) in [6.07, 6.45) is 2.79. The molecule has 2 atom stereocenters. The zero-order valence-corrected chi connectivity index (χ0v) is 9.32. The van der Waals surface area contributed by atoms with Crippen LogP contribution >= 0.6 is 0 Å². The maximum atomic E-state index is 11.3. The van der Waals surface area contributed by atoms with E-state index in [9.17, 15) is 4.79 Å². The van der Waals surface area contributed by atoms with Crippen LogP contribution in [-0.2, 0) is 0 Å². The van der Waals surface area contributed by atoms with Gasteiger partial charge in [0.25, 0.3) is 0 Å². The molecule has 2 N–H and O–H groups in total. The van der Waals surface area contributed by atoms with Crippen LogP contribution in [0, 0.1) is 5.92 Å². The van der Waals surface area contributed by atoms with Crippen molar-refractivity contribution in [3.8, 4) is 5.75 Å². The van der Waals surface area contributed by atoms with Gasteiger partial charge in [0, 0.05) is 18.7 Å². The standard InChI is InChI=1S/C12H16N2O2/c1-7-12-9(4-5-11(15)14-12)16-10(6-13-7)8-2-3-8/h4-5,7-8,10,13H,2-3,6H2,1H3,(H,14,15)/t7-,10-/m0/s1. The quantitative estimate of drug-likeness (QED) is 0.747. The molecule has 0 spiro atoms. The summed E-state index contributed by atoms with van der Waals surface area (Å²) in [7, 11) is 0. The molecule has 1 aliphatic carbocycles. The maximum absolute atomic E-state index is 11.3. The predicted octanol–water partition coefficient (Wildman–Crippen LogP) is 1.20. The minimum absolute atomic E-state index is 0.0686. The zero-order chi connectivity index (χ0) is 11.1. The topological polar surface area (TPSA) is 54.1 Å². The van der Waals surface area contributed by atoms with E-state index in [0.717, 1.165) is 18.0 Å². The normalized spacial score (nSPS) is 29.1. The van der Waals surface area contributed by atoms with E-state index in [-0.39, 0.29) is 17.7 Å². The molecule has 1 aromatic heterocycles. The first-order valence-electron chi connectivity index (χ1n) is 5.87. The number of H-pyrrole nitrogens is 1. The van der Waals surface area contributed by atoms with E-state index >= 15 is 0 Å². The highest BCUT2D eigenvalue weighted by atomic mass is 16.5. The van der Waals surface area contributed by atoms with Gasteiger partial charge in [-0.05, 0) is 31.7 Å². The fourth-order valence-corrected chi connectivity index (χ4v) is 2.23. The molecule has 0 bridgehead atoms. The van der Waals surface area contributed by atoms with Gasteiger partial charge in [-0.15, -0.1) is 0 Å². The molecule has 1 aliphatic heterocycles. The Morgan fingerprint density at radius 3 is 2.94 bits per heavy atom. The van der Waals surface area contributed by atoms with E-state index in [1.807, 2.05) is 6.92 Å². The van der Waals surface area contributed by atoms with E-state index in [2.05, 4.69) is 10.3 Å². The molecule has 2 aliphatic rings. The van der Waals surface area contributed by atoms with Crippen LogP contribution in [0.5, 0.6) is 5.75 Å². The van der Waals surface area contributed by atoms with Gasteiger partial charge < -0.3 is 15.0 Å². The summed E-state index contributed by atoms with van der Waals surface area (Å²) in [4.78, 5) is 14.1. The number of aromatic nitrogens is 1. The number of hydrogen-bond acceptors (Lipinski definition) is 3. The summed E-state index contributed by atoms with van der Waals surface area (Å²) in [6.45, 7) is 2.91. The van der Waals surface area contributed by atoms with Crippen LogP contribution in [0.4, 0.5) is 0 Å². The van der Waals surface area contributed by atoms with Crippen molar-refractivity contribution in [2.45, 2.75) is 31.9 Å². The molecule has 0 aromatic carbocycles. The number of hydrogen-bond donors (Lipinski definition) is 2. The van der Waals surface area contributed by atoms with E-state index in [4.69, 9.17) is 4.74 Å². The Morgan fingerprint density at radius 1 is 1.38 bits per heavy atom. The third-order valence-electron chi connectivity index (χ3n) is 3.39. The highest BCUT2D eigenvalue weighted by molar-refractivity contribution is 5.30. The van der Waals surface area contributed by atoms with Crippen LogP contribution in [0.1, 0.15) is 31.5 Å². The highest BCUT2D eigenvalue weighted by Gasteiger charge is 2.35. The molecular weight excluding hydrogens is 204 g/mol. The molecule has 0 unspecified atom stereocenters. The lowest BCUT2D eigenvalue weighted by Crippen LogP contribution is -2.31. The molecule has 0 amide bonds. The molecule has 1 aromatic rings. The minimum atomic E-state index is -0.0686. The molecule has 16 heavy (non-hydrogen) atoms. The number of rotatable bonds is 1. The highest BCUT2D eigenvalue weighted by Crippen LogP contribution is 2.37. The lowest BCUT2D eigenvalue weighted by atomic mass is 10.2. The van der Waals surface area contributed by atoms with Crippen LogP contribution in [-0.4, -0.2) is 17.6 Å². The molecule has 0 radical (unpaired) electrons. The summed E-state index contributed by atoms with van der Waals surface area (Å²) in [6, 6.07) is 3.46. The van der Waals surface area contributed by atoms with Crippen LogP contribution in [0.15, 0.2) is 16.9 Å². The molecule has 4 nitrogen and oxygen atoms in total. The average molecular weight is 220 g/mol. The first kappa shape index (κ1) is 9.90. The molecule has 1 saturated carbocycles. The minimum Gasteiger partial charge on any atom is -0.487 e. The Bertz CT molecular complexity index is 451. The van der Waals surface area contributed by atoms with E-state index in [1.54, 1.807) is 6.07 Å². The van der Waals surface area contributed by atoms with Gasteiger partial charge in [-0.25, -0.2) is 0 Å². The average Bonchev–Trinajstić information content (AvgIpc) is 3.08. The number of fused-ring (bicyclic) bond motifs is 1. The summed E-state index contributed by atoms with van der Waals surface area (Å²) in [5.41, 5.74) is 0.802. The molecular formula is C12H16N2O2. The lowest BCUT2D eigenvalue weighted by molar-refractivity contribution is 0.181. The van der Waals surface area contributed by atoms with Crippen LogP contribution in [0.3, 0.4) is 0 Å². The maximum Gasteiger partial charge on any atom is 0.248 e. The monoisotopic (exact) mass is 220 g/mol. The lowest BCUT2D eigenvalue weighted by Gasteiger charge is -2.15. The van der Waals surface area contributed by atoms with Crippen molar-refractivity contribution in [2.24, 2.45) is 5.92 Å². The summed E-state index contributed by atoms with van der Waals surface area (Å²) < 4.78 is 5.97. The summed E-state index contributed by atoms with van der Waals surface area (Å²) in [5.74, 6) is 1.52. The zero-order valence-electron chi connectivity index (χ0n) is 9.32. The van der Waals surface area contributed by atoms with E-state index in [0.29, 0.717) is 5.92 Å². The number of aromatic amines is 1. The molecule has 3 rings (SSSR count). The predicted molar refractivity (Wildman–Crippen MR) is 60.6 cm³/mol. The van der Waals surface area contributed by atoms with Crippen molar-refractivity contribution >= 4 is 0 Å². The second-order valence-corrected chi connectivity index (χ2v) is 4.72. The molecule has 0 saturated heterocycles. The summed E-state index contributed by atoms with van der Waals surface area (Å²) >= 11 is 0. The van der Waals surface area contributed by atoms with Gasteiger partial charge in [0.05, 0.1) is 5.69 Å². The van der Waals surface area contributed by atoms with Crippen molar-refractivity contribution in [1.82, 2.24) is 10.3 Å². The molecule has 1 fully saturated rings. The Balaban J connectivity index is 1.96. The first-order chi connectivity index (χ1) is 7.74. The number of pyridine rings is 1. The number of ether oxygens (including phenoxy) is 1. The smallest absolute Gasteiger partial charge is 0.248 e. The SMILES string of the molecule is C[C@@H]1NC[C@@H](C2CC2)Oc2ccc(=O)[nH]c21. The van der Waals surface area contributed by atoms with Crippen molar-refractivity contribution < 1.29 is 4.74 Å². The van der Waals surface area contributed by atoms with Crippen molar-refractivity contribution in [2.75, 3.05) is 6.54 Å². The van der Waals surface area contributed by atoms with Gasteiger partial charge >= 0.3 is 0 Å². The van der Waals surface area contributed by atoms with E-state index < -0.39 is 0 Å². The Kier molecular flexibility index (Phi) is 2.24. The Hall–Kier alpha value is -1.29. The van der Waals surface area contributed by atoms with Crippen molar-refractivity contribution in [3.63, 3.8) is 0 Å². The Morgan fingerprint density at radius 2 is 2.19 bits per heavy atom. The van der Waals surface area contributed by atoms with Crippen LogP contribution < -0.4 is 15.6 Å². The van der Waals surface area contributed by atoms with E-state index in [1.165, 1.54) is 18.9 Å². The largest absolute Gasteiger partial charge is 0.487 e. The Labute approximate surface area is 94.0 Å². The van der Waals surface area contributed by atoms with Gasteiger partial charge in [0.1, 0.15) is 11.9 Å². The van der Waals surface area contributed by atoms with Crippen molar-refractivity contribution in [1.29, 1.82) is 0 Å². The molecule has 2 heterocycles. The first-order valence-corrected chi connectivity index (χ1v) is 5.87. The second kappa shape index (κ2) is 3.63. The van der Waals surface area contributed by atoms with Crippen LogP contribution in [0.25, 0.3) is 0 Å². The van der Waals surface area contributed by atoms with Gasteiger partial charge in [-0.1, -0.05) is 0 Å². The van der Waals surface area contributed by atoms with Gasteiger partial charge in [0.2, 0.25) is 5.56 Å². The van der Waals surface area contributed by atoms with Gasteiger partial charge in [0.15, 0.2) is 0 Å². The second-order valence-electron chi connectivity index (χ2n) is 4.72. The third kappa shape index (κ3) is 1.73. The third-order valence-corrected chi connectivity index (χ3v) is 3.39. The fourth-order valence-electron chi connectivity index (χ4n) is 2.23. The fraction of sp³-hybridized carbons (Fsp3) is 0.583. The van der Waals surface area contributed by atoms with Crippen molar-refractivity contribution in [3.05, 3.63) is 28.2 Å². The van der Waals surface area contributed by atoms with Crippen LogP contribution in [0.2, 0.25) is 0 Å². The van der Waals surface area contributed by atoms with Gasteiger partial charge in [-0.3, -0.25) is 4.79 Å².